The summed E-state index contributed by atoms with van der Waals surface area (Å²) in [7, 11) is 0. The molecular weight excluding hydrogens is 560 g/mol. The first-order valence-electron chi connectivity index (χ1n) is 12.3. The van der Waals surface area contributed by atoms with E-state index in [1.54, 1.807) is 0 Å². The Kier molecular flexibility index (Phi) is 6.54. The second-order valence-electron chi connectivity index (χ2n) is 10.1. The zero-order valence-corrected chi connectivity index (χ0v) is 21.6. The van der Waals surface area contributed by atoms with E-state index in [9.17, 15) is 61.0 Å². The van der Waals surface area contributed by atoms with Gasteiger partial charge in [-0.15, -0.1) is 0 Å². The van der Waals surface area contributed by atoms with Crippen LogP contribution in [0.1, 0.15) is 30.3 Å². The van der Waals surface area contributed by atoms with E-state index in [2.05, 4.69) is 0 Å². The van der Waals surface area contributed by atoms with Crippen molar-refractivity contribution >= 4 is 5.78 Å². The number of aromatic hydroxyl groups is 5. The van der Waals surface area contributed by atoms with E-state index in [1.165, 1.54) is 6.92 Å². The molecule has 222 valence electrons. The van der Waals surface area contributed by atoms with Crippen molar-refractivity contribution in [1.82, 2.24) is 0 Å². The largest absolute Gasteiger partial charge is 0.509 e. The lowest BCUT2D eigenvalue weighted by atomic mass is 9.72. The first-order chi connectivity index (χ1) is 19.6. The van der Waals surface area contributed by atoms with Crippen LogP contribution in [0.25, 0.3) is 0 Å². The van der Waals surface area contributed by atoms with Crippen LogP contribution in [0.4, 0.5) is 0 Å². The molecule has 0 spiro atoms. The lowest BCUT2D eigenvalue weighted by molar-refractivity contribution is -0.208. The first-order valence-corrected chi connectivity index (χ1v) is 12.3. The molecule has 1 aliphatic heterocycles. The molecule has 42 heavy (non-hydrogen) atoms. The van der Waals surface area contributed by atoms with Gasteiger partial charge in [0.2, 0.25) is 0 Å². The second kappa shape index (κ2) is 9.60. The van der Waals surface area contributed by atoms with Gasteiger partial charge in [-0.1, -0.05) is 0 Å². The molecule has 2 aliphatic carbocycles. The number of hydrogen-bond acceptors (Lipinski definition) is 14. The topological polar surface area (TPSA) is 258 Å². The van der Waals surface area contributed by atoms with Crippen LogP contribution in [-0.4, -0.2) is 85.4 Å². The molecule has 14 nitrogen and oxygen atoms in total. The molecule has 2 aromatic rings. The lowest BCUT2D eigenvalue weighted by Gasteiger charge is -2.49. The van der Waals surface area contributed by atoms with Crippen LogP contribution in [0.3, 0.4) is 0 Å². The average Bonchev–Trinajstić information content (AvgIpc) is 3.34. The van der Waals surface area contributed by atoms with Crippen LogP contribution in [0.15, 0.2) is 77.2 Å². The van der Waals surface area contributed by atoms with Gasteiger partial charge in [0, 0.05) is 29.9 Å². The fourth-order valence-electron chi connectivity index (χ4n) is 5.41. The zero-order chi connectivity index (χ0) is 30.9. The molecule has 14 heteroatoms. The minimum Gasteiger partial charge on any atom is -0.509 e. The van der Waals surface area contributed by atoms with Crippen molar-refractivity contribution in [2.75, 3.05) is 0 Å². The molecular formula is C28H26O14. The van der Waals surface area contributed by atoms with Crippen molar-refractivity contribution in [1.29, 1.82) is 0 Å². The summed E-state index contributed by atoms with van der Waals surface area (Å²) in [4.78, 5) is 13.6. The molecule has 6 atom stereocenters. The zero-order valence-electron chi connectivity index (χ0n) is 21.6. The standard InChI is InChI=1S/C28H26O14/c1-10(29)25(12-4-17(34)22(37)18(35)5-12)41-20-8-16(33)21-23(38)24(39)26(11-2-13(30)6-14(31)3-11)42-28(20,21)27(40)9-15(32)7-19(27)36/h2-10,24-26,29-37,39-40H,1H3. The number of phenols is 5. The summed E-state index contributed by atoms with van der Waals surface area (Å²) in [5, 5.41) is 115. The third-order valence-corrected chi connectivity index (χ3v) is 7.26. The number of phenolic OH excluding ortho intramolecular Hbond substituents is 5. The maximum Gasteiger partial charge on any atom is 0.200 e. The molecule has 1 heterocycles. The molecule has 5 rings (SSSR count). The molecule has 0 radical (unpaired) electrons. The van der Waals surface area contributed by atoms with E-state index in [1.807, 2.05) is 0 Å². The number of aliphatic hydroxyl groups is 6. The molecule has 0 aromatic heterocycles. The summed E-state index contributed by atoms with van der Waals surface area (Å²) in [6, 6.07) is 4.89. The van der Waals surface area contributed by atoms with Crippen molar-refractivity contribution in [3.63, 3.8) is 0 Å². The van der Waals surface area contributed by atoms with Crippen LogP contribution < -0.4 is 0 Å². The fourth-order valence-corrected chi connectivity index (χ4v) is 5.41. The Hall–Kier alpha value is -4.89. The summed E-state index contributed by atoms with van der Waals surface area (Å²) in [5.74, 6) is -7.92. The molecule has 0 saturated carbocycles. The Morgan fingerprint density at radius 1 is 0.905 bits per heavy atom. The number of Topliss-reactive ketones (excluding diaryl/α,β-unsaturated/α-hetero) is 1. The van der Waals surface area contributed by atoms with Crippen molar-refractivity contribution in [3.8, 4) is 28.7 Å². The maximum atomic E-state index is 13.6. The Bertz CT molecular complexity index is 1570. The van der Waals surface area contributed by atoms with E-state index < -0.39 is 98.8 Å². The van der Waals surface area contributed by atoms with Crippen LogP contribution in [0.5, 0.6) is 28.7 Å². The third-order valence-electron chi connectivity index (χ3n) is 7.26. The summed E-state index contributed by atoms with van der Waals surface area (Å²) in [5.41, 5.74) is -6.85. The molecule has 6 unspecified atom stereocenters. The fraction of sp³-hybridized carbons (Fsp3) is 0.250. The highest BCUT2D eigenvalue weighted by atomic mass is 16.6. The molecule has 2 aromatic carbocycles. The minimum absolute atomic E-state index is 0.144. The van der Waals surface area contributed by atoms with Gasteiger partial charge in [0.15, 0.2) is 34.2 Å². The highest BCUT2D eigenvalue weighted by Gasteiger charge is 2.70. The highest BCUT2D eigenvalue weighted by Crippen LogP contribution is 2.58. The van der Waals surface area contributed by atoms with Gasteiger partial charge >= 0.3 is 0 Å². The van der Waals surface area contributed by atoms with E-state index >= 15 is 0 Å². The van der Waals surface area contributed by atoms with Gasteiger partial charge in [0.05, 0.1) is 11.7 Å². The molecule has 1 saturated heterocycles. The van der Waals surface area contributed by atoms with E-state index in [0.29, 0.717) is 6.08 Å². The van der Waals surface area contributed by atoms with Gasteiger partial charge in [0.25, 0.3) is 0 Å². The lowest BCUT2D eigenvalue weighted by Crippen LogP contribution is -2.63. The summed E-state index contributed by atoms with van der Waals surface area (Å²) >= 11 is 0. The smallest absolute Gasteiger partial charge is 0.200 e. The van der Waals surface area contributed by atoms with E-state index in [0.717, 1.165) is 42.5 Å². The summed E-state index contributed by atoms with van der Waals surface area (Å²) in [6.45, 7) is 1.23. The Morgan fingerprint density at radius 3 is 2.02 bits per heavy atom. The summed E-state index contributed by atoms with van der Waals surface area (Å²) in [6.07, 6.45) is -4.79. The molecule has 3 aliphatic rings. The van der Waals surface area contributed by atoms with E-state index in [-0.39, 0.29) is 11.1 Å². The predicted octanol–water partition coefficient (Wildman–Crippen LogP) is 1.43. The van der Waals surface area contributed by atoms with Crippen LogP contribution in [0, 0.1) is 0 Å². The van der Waals surface area contributed by atoms with Gasteiger partial charge in [-0.2, -0.15) is 0 Å². The number of allylic oxidation sites excluding steroid dienone is 2. The van der Waals surface area contributed by atoms with Crippen LogP contribution in [-0.2, 0) is 14.3 Å². The van der Waals surface area contributed by atoms with Crippen LogP contribution >= 0.6 is 0 Å². The number of aliphatic hydroxyl groups excluding tert-OH is 5. The van der Waals surface area contributed by atoms with Gasteiger partial charge in [-0.3, -0.25) is 4.79 Å². The van der Waals surface area contributed by atoms with Crippen molar-refractivity contribution in [2.45, 2.75) is 42.5 Å². The molecule has 11 N–H and O–H groups in total. The Balaban J connectivity index is 1.72. The van der Waals surface area contributed by atoms with Crippen molar-refractivity contribution in [2.24, 2.45) is 0 Å². The van der Waals surface area contributed by atoms with Crippen molar-refractivity contribution in [3.05, 3.63) is 88.3 Å². The quantitative estimate of drug-likeness (QED) is 0.214. The SMILES string of the molecule is CC(O)C(OC1=CC(O)=C2C(=O)C(O)C(c3cc(O)cc(O)c3)OC12C1(O)C=C(O)C=C1O)c1cc(O)c(O)c(O)c1. The number of carbonyl (C=O) groups is 1. The maximum absolute atomic E-state index is 13.6. The second-order valence-corrected chi connectivity index (χ2v) is 10.1. The Morgan fingerprint density at radius 2 is 1.50 bits per heavy atom. The number of fused-ring (bicyclic) bond motifs is 1. The normalized spacial score (nSPS) is 28.6. The number of hydrogen-bond donors (Lipinski definition) is 11. The number of ketones is 1. The predicted molar refractivity (Wildman–Crippen MR) is 138 cm³/mol. The highest BCUT2D eigenvalue weighted by molar-refractivity contribution is 6.05. The number of rotatable bonds is 6. The molecule has 1 fully saturated rings. The minimum atomic E-state index is -2.90. The van der Waals surface area contributed by atoms with Crippen molar-refractivity contribution < 1.29 is 70.4 Å². The van der Waals surface area contributed by atoms with Gasteiger partial charge < -0.3 is 65.6 Å². The number of benzene rings is 2. The van der Waals surface area contributed by atoms with Gasteiger partial charge in [0.1, 0.15) is 52.8 Å². The monoisotopic (exact) mass is 586 g/mol. The third kappa shape index (κ3) is 4.08. The van der Waals surface area contributed by atoms with Gasteiger partial charge in [-0.05, 0) is 36.8 Å². The van der Waals surface area contributed by atoms with E-state index in [4.69, 9.17) is 9.47 Å². The Labute approximate surface area is 236 Å². The number of ether oxygens (including phenoxy) is 2. The average molecular weight is 587 g/mol. The van der Waals surface area contributed by atoms with Crippen LogP contribution in [0.2, 0.25) is 0 Å². The summed E-state index contributed by atoms with van der Waals surface area (Å²) < 4.78 is 12.1. The molecule has 0 amide bonds. The first kappa shape index (κ1) is 28.6. The molecule has 0 bridgehead atoms. The van der Waals surface area contributed by atoms with Gasteiger partial charge in [-0.25, -0.2) is 0 Å². The number of carbonyl (C=O) groups excluding carboxylic acids is 1.